The van der Waals surface area contributed by atoms with Gasteiger partial charge in [0.2, 0.25) is 0 Å². The van der Waals surface area contributed by atoms with Crippen LogP contribution in [0.5, 0.6) is 0 Å². The van der Waals surface area contributed by atoms with Gasteiger partial charge < -0.3 is 10.4 Å². The Labute approximate surface area is 116 Å². The first-order chi connectivity index (χ1) is 9.35. The molecule has 1 aliphatic rings. The fraction of sp³-hybridized carbons (Fsp3) is 0.625. The number of nitrogens with one attached hydrogen (secondary N) is 1. The Hall–Kier alpha value is -0.900. The van der Waals surface area contributed by atoms with Gasteiger partial charge in [-0.3, -0.25) is 4.90 Å². The van der Waals surface area contributed by atoms with Gasteiger partial charge in [-0.05, 0) is 31.4 Å². The molecule has 1 aromatic carbocycles. The lowest BCUT2D eigenvalue weighted by Gasteiger charge is -2.25. The van der Waals surface area contributed by atoms with E-state index in [4.69, 9.17) is 5.11 Å². The van der Waals surface area contributed by atoms with E-state index in [1.807, 2.05) is 0 Å². The molecule has 1 atom stereocenters. The molecular weight excluding hydrogens is 236 g/mol. The highest BCUT2D eigenvalue weighted by Crippen LogP contribution is 2.27. The van der Waals surface area contributed by atoms with Crippen molar-refractivity contribution in [3.05, 3.63) is 35.9 Å². The summed E-state index contributed by atoms with van der Waals surface area (Å²) >= 11 is 0. The van der Waals surface area contributed by atoms with Gasteiger partial charge in [0.25, 0.3) is 0 Å². The molecule has 0 aromatic heterocycles. The van der Waals surface area contributed by atoms with Crippen LogP contribution in [0.1, 0.15) is 37.8 Å². The van der Waals surface area contributed by atoms with E-state index < -0.39 is 0 Å². The van der Waals surface area contributed by atoms with Crippen molar-refractivity contribution in [2.45, 2.75) is 38.3 Å². The number of aliphatic hydroxyl groups excluding tert-OH is 1. The van der Waals surface area contributed by atoms with Gasteiger partial charge in [-0.1, -0.05) is 37.3 Å². The zero-order valence-corrected chi connectivity index (χ0v) is 11.9. The number of rotatable bonds is 9. The van der Waals surface area contributed by atoms with Gasteiger partial charge in [-0.2, -0.15) is 0 Å². The lowest BCUT2D eigenvalue weighted by Crippen LogP contribution is -2.33. The fourth-order valence-electron chi connectivity index (χ4n) is 2.66. The molecule has 1 aromatic rings. The summed E-state index contributed by atoms with van der Waals surface area (Å²) in [7, 11) is 0. The second-order valence-corrected chi connectivity index (χ2v) is 5.30. The maximum Gasteiger partial charge on any atom is 0.0558 e. The van der Waals surface area contributed by atoms with Crippen LogP contribution in [0.15, 0.2) is 30.3 Å². The third-order valence-corrected chi connectivity index (χ3v) is 3.81. The quantitative estimate of drug-likeness (QED) is 0.716. The van der Waals surface area contributed by atoms with Crippen LogP contribution in [0.3, 0.4) is 0 Å². The molecule has 2 N–H and O–H groups in total. The molecule has 2 rings (SSSR count). The highest BCUT2D eigenvalue weighted by molar-refractivity contribution is 5.18. The molecule has 1 aliphatic carbocycles. The molecule has 3 nitrogen and oxygen atoms in total. The van der Waals surface area contributed by atoms with E-state index in [2.05, 4.69) is 47.5 Å². The molecule has 1 fully saturated rings. The first kappa shape index (κ1) is 14.5. The van der Waals surface area contributed by atoms with Crippen LogP contribution < -0.4 is 5.32 Å². The minimum absolute atomic E-state index is 0.272. The summed E-state index contributed by atoms with van der Waals surface area (Å²) < 4.78 is 0. The van der Waals surface area contributed by atoms with Crippen LogP contribution >= 0.6 is 0 Å². The normalized spacial score (nSPS) is 16.8. The molecule has 0 spiro atoms. The van der Waals surface area contributed by atoms with E-state index >= 15 is 0 Å². The Morgan fingerprint density at radius 2 is 2.00 bits per heavy atom. The topological polar surface area (TPSA) is 35.5 Å². The molecule has 0 saturated heterocycles. The van der Waals surface area contributed by atoms with Gasteiger partial charge in [0.05, 0.1) is 6.61 Å². The van der Waals surface area contributed by atoms with E-state index in [0.29, 0.717) is 6.04 Å². The van der Waals surface area contributed by atoms with Crippen molar-refractivity contribution in [1.82, 2.24) is 10.2 Å². The molecule has 0 heterocycles. The Morgan fingerprint density at radius 1 is 1.26 bits per heavy atom. The molecule has 0 bridgehead atoms. The molecule has 0 radical (unpaired) electrons. The van der Waals surface area contributed by atoms with Gasteiger partial charge >= 0.3 is 0 Å². The van der Waals surface area contributed by atoms with Crippen molar-refractivity contribution in [2.24, 2.45) is 0 Å². The van der Waals surface area contributed by atoms with Crippen LogP contribution in [0.4, 0.5) is 0 Å². The smallest absolute Gasteiger partial charge is 0.0558 e. The molecular formula is C16H26N2O. The lowest BCUT2D eigenvalue weighted by molar-refractivity contribution is 0.182. The van der Waals surface area contributed by atoms with E-state index in [1.54, 1.807) is 0 Å². The molecule has 1 unspecified atom stereocenters. The van der Waals surface area contributed by atoms with Gasteiger partial charge in [0.1, 0.15) is 0 Å². The van der Waals surface area contributed by atoms with Crippen molar-refractivity contribution < 1.29 is 5.11 Å². The Morgan fingerprint density at radius 3 is 2.58 bits per heavy atom. The number of benzene rings is 1. The van der Waals surface area contributed by atoms with Crippen LogP contribution in [0.25, 0.3) is 0 Å². The summed E-state index contributed by atoms with van der Waals surface area (Å²) in [6.07, 6.45) is 3.71. The van der Waals surface area contributed by atoms with Crippen LogP contribution in [0.2, 0.25) is 0 Å². The SMILES string of the molecule is CCNC(CCN(CCO)C1CC1)c1ccccc1. The fourth-order valence-corrected chi connectivity index (χ4v) is 2.66. The van der Waals surface area contributed by atoms with E-state index in [-0.39, 0.29) is 6.61 Å². The van der Waals surface area contributed by atoms with Crippen molar-refractivity contribution in [1.29, 1.82) is 0 Å². The van der Waals surface area contributed by atoms with Crippen LogP contribution in [-0.4, -0.2) is 42.3 Å². The minimum atomic E-state index is 0.272. The maximum atomic E-state index is 9.14. The summed E-state index contributed by atoms with van der Waals surface area (Å²) in [6, 6.07) is 11.8. The third kappa shape index (κ3) is 4.60. The van der Waals surface area contributed by atoms with Crippen molar-refractivity contribution >= 4 is 0 Å². The molecule has 0 aliphatic heterocycles. The Balaban J connectivity index is 1.89. The highest BCUT2D eigenvalue weighted by atomic mass is 16.3. The number of hydrogen-bond donors (Lipinski definition) is 2. The summed E-state index contributed by atoms with van der Waals surface area (Å²) in [5, 5.41) is 12.7. The standard InChI is InChI=1S/C16H26N2O/c1-2-17-16(14-6-4-3-5-7-14)10-11-18(12-13-19)15-8-9-15/h3-7,15-17,19H,2,8-13H2,1H3. The summed E-state index contributed by atoms with van der Waals surface area (Å²) in [5.41, 5.74) is 1.36. The second-order valence-electron chi connectivity index (χ2n) is 5.30. The van der Waals surface area contributed by atoms with Gasteiger partial charge in [-0.25, -0.2) is 0 Å². The van der Waals surface area contributed by atoms with E-state index in [0.717, 1.165) is 32.1 Å². The number of nitrogens with zero attached hydrogens (tertiary/aromatic N) is 1. The largest absolute Gasteiger partial charge is 0.395 e. The predicted octanol–water partition coefficient (Wildman–Crippen LogP) is 2.18. The highest BCUT2D eigenvalue weighted by Gasteiger charge is 2.28. The Bertz CT molecular complexity index is 351. The number of aliphatic hydroxyl groups is 1. The monoisotopic (exact) mass is 262 g/mol. The molecule has 0 amide bonds. The molecule has 19 heavy (non-hydrogen) atoms. The molecule has 106 valence electrons. The Kier molecular flexibility index (Phi) is 5.83. The van der Waals surface area contributed by atoms with Crippen molar-refractivity contribution in [3.63, 3.8) is 0 Å². The minimum Gasteiger partial charge on any atom is -0.395 e. The number of hydrogen-bond acceptors (Lipinski definition) is 3. The lowest BCUT2D eigenvalue weighted by atomic mass is 10.0. The van der Waals surface area contributed by atoms with Crippen molar-refractivity contribution in [2.75, 3.05) is 26.2 Å². The average molecular weight is 262 g/mol. The third-order valence-electron chi connectivity index (χ3n) is 3.81. The van der Waals surface area contributed by atoms with Gasteiger partial charge in [-0.15, -0.1) is 0 Å². The van der Waals surface area contributed by atoms with E-state index in [9.17, 15) is 0 Å². The first-order valence-corrected chi connectivity index (χ1v) is 7.48. The van der Waals surface area contributed by atoms with Crippen molar-refractivity contribution in [3.8, 4) is 0 Å². The summed E-state index contributed by atoms with van der Waals surface area (Å²) in [4.78, 5) is 2.44. The van der Waals surface area contributed by atoms with Crippen LogP contribution in [0, 0.1) is 0 Å². The van der Waals surface area contributed by atoms with Crippen LogP contribution in [-0.2, 0) is 0 Å². The summed E-state index contributed by atoms with van der Waals surface area (Å²) in [6.45, 7) is 5.30. The zero-order valence-electron chi connectivity index (χ0n) is 11.9. The zero-order chi connectivity index (χ0) is 13.5. The molecule has 1 saturated carbocycles. The van der Waals surface area contributed by atoms with Gasteiger partial charge in [0, 0.05) is 25.2 Å². The van der Waals surface area contributed by atoms with Gasteiger partial charge in [0.15, 0.2) is 0 Å². The second kappa shape index (κ2) is 7.63. The maximum absolute atomic E-state index is 9.14. The molecule has 3 heteroatoms. The summed E-state index contributed by atoms with van der Waals surface area (Å²) in [5.74, 6) is 0. The average Bonchev–Trinajstić information content (AvgIpc) is 3.27. The predicted molar refractivity (Wildman–Crippen MR) is 79.2 cm³/mol. The van der Waals surface area contributed by atoms with E-state index in [1.165, 1.54) is 18.4 Å². The first-order valence-electron chi connectivity index (χ1n) is 7.48.